The zero-order valence-corrected chi connectivity index (χ0v) is 14.1. The fourth-order valence-corrected chi connectivity index (χ4v) is 4.36. The van der Waals surface area contributed by atoms with Crippen LogP contribution in [0.4, 0.5) is 4.39 Å². The number of fused-ring (bicyclic) bond motifs is 1. The second kappa shape index (κ2) is 6.64. The predicted molar refractivity (Wildman–Crippen MR) is 92.0 cm³/mol. The highest BCUT2D eigenvalue weighted by atomic mass is 19.1. The zero-order valence-electron chi connectivity index (χ0n) is 14.1. The lowest BCUT2D eigenvalue weighted by Gasteiger charge is -2.42. The molecule has 2 aliphatic rings. The predicted octanol–water partition coefficient (Wildman–Crippen LogP) is 3.57. The Morgan fingerprint density at radius 2 is 2.04 bits per heavy atom. The summed E-state index contributed by atoms with van der Waals surface area (Å²) in [6.45, 7) is 1.30. The van der Waals surface area contributed by atoms with E-state index in [1.807, 2.05) is 11.0 Å². The van der Waals surface area contributed by atoms with Crippen molar-refractivity contribution in [1.82, 2.24) is 4.90 Å². The highest BCUT2D eigenvalue weighted by molar-refractivity contribution is 5.77. The Morgan fingerprint density at radius 3 is 2.76 bits per heavy atom. The van der Waals surface area contributed by atoms with E-state index < -0.39 is 6.67 Å². The van der Waals surface area contributed by atoms with Crippen molar-refractivity contribution in [2.45, 2.75) is 30.7 Å². The number of furan rings is 1. The molecule has 2 fully saturated rings. The van der Waals surface area contributed by atoms with Crippen LogP contribution < -0.4 is 0 Å². The van der Waals surface area contributed by atoms with Crippen LogP contribution in [0.25, 0.3) is 11.1 Å². The van der Waals surface area contributed by atoms with Crippen LogP contribution in [0.1, 0.15) is 24.8 Å². The Labute approximate surface area is 146 Å². The minimum atomic E-state index is -0.602. The Kier molecular flexibility index (Phi) is 4.34. The maximum absolute atomic E-state index is 12.6. The Bertz CT molecular complexity index is 728. The van der Waals surface area contributed by atoms with Crippen molar-refractivity contribution in [2.24, 2.45) is 0 Å². The average Bonchev–Trinajstić information content (AvgIpc) is 3.31. The second-order valence-corrected chi connectivity index (χ2v) is 6.86. The molecule has 0 spiro atoms. The Morgan fingerprint density at radius 1 is 1.20 bits per heavy atom. The zero-order chi connectivity index (χ0) is 17.3. The Hall–Kier alpha value is -2.14. The molecule has 1 amide bonds. The van der Waals surface area contributed by atoms with Crippen molar-refractivity contribution in [3.05, 3.63) is 48.4 Å². The number of hydrogen-bond acceptors (Lipinski definition) is 3. The molecule has 0 N–H and O–H groups in total. The molecule has 2 saturated heterocycles. The largest absolute Gasteiger partial charge is 0.472 e. The van der Waals surface area contributed by atoms with Crippen LogP contribution in [0.5, 0.6) is 0 Å². The molecule has 4 nitrogen and oxygen atoms in total. The summed E-state index contributed by atoms with van der Waals surface area (Å²) in [5, 5.41) is 0. The van der Waals surface area contributed by atoms with Crippen LogP contribution in [-0.4, -0.2) is 43.3 Å². The molecule has 0 saturated carbocycles. The number of carbonyl (C=O) groups is 1. The lowest BCUT2D eigenvalue weighted by molar-refractivity contribution is -0.135. The van der Waals surface area contributed by atoms with E-state index >= 15 is 0 Å². The van der Waals surface area contributed by atoms with Crippen LogP contribution in [-0.2, 0) is 14.9 Å². The first kappa shape index (κ1) is 16.3. The molecule has 25 heavy (non-hydrogen) atoms. The first-order valence-electron chi connectivity index (χ1n) is 8.81. The van der Waals surface area contributed by atoms with Gasteiger partial charge >= 0.3 is 0 Å². The van der Waals surface area contributed by atoms with Crippen molar-refractivity contribution >= 4 is 5.91 Å². The molecule has 4 rings (SSSR count). The maximum atomic E-state index is 12.6. The van der Waals surface area contributed by atoms with Gasteiger partial charge in [0.2, 0.25) is 5.91 Å². The number of rotatable bonds is 4. The van der Waals surface area contributed by atoms with Gasteiger partial charge in [-0.05, 0) is 30.0 Å². The van der Waals surface area contributed by atoms with Gasteiger partial charge in [0.1, 0.15) is 0 Å². The topological polar surface area (TPSA) is 42.7 Å². The normalized spacial score (nSPS) is 25.8. The van der Waals surface area contributed by atoms with Crippen LogP contribution in [0, 0.1) is 0 Å². The third-order valence-electron chi connectivity index (χ3n) is 5.72. The van der Waals surface area contributed by atoms with Crippen LogP contribution in [0.2, 0.25) is 0 Å². The van der Waals surface area contributed by atoms with Crippen LogP contribution >= 0.6 is 0 Å². The van der Waals surface area contributed by atoms with Crippen molar-refractivity contribution in [1.29, 1.82) is 0 Å². The second-order valence-electron chi connectivity index (χ2n) is 6.86. The first-order chi connectivity index (χ1) is 12.2. The van der Waals surface area contributed by atoms with Gasteiger partial charge in [-0.15, -0.1) is 0 Å². The number of benzene rings is 1. The number of hydrogen-bond donors (Lipinski definition) is 0. The summed E-state index contributed by atoms with van der Waals surface area (Å²) in [6.07, 6.45) is 5.16. The molecular formula is C20H22FNO3. The van der Waals surface area contributed by atoms with Gasteiger partial charge in [-0.1, -0.05) is 24.3 Å². The van der Waals surface area contributed by atoms with Gasteiger partial charge in [-0.25, -0.2) is 0 Å². The summed E-state index contributed by atoms with van der Waals surface area (Å²) in [7, 11) is 0. The van der Waals surface area contributed by atoms with E-state index in [2.05, 4.69) is 24.3 Å². The van der Waals surface area contributed by atoms with Crippen LogP contribution in [0.3, 0.4) is 0 Å². The van der Waals surface area contributed by atoms with E-state index in [1.165, 1.54) is 5.56 Å². The number of likely N-dealkylation sites (tertiary alicyclic amines) is 1. The van der Waals surface area contributed by atoms with Gasteiger partial charge in [0.05, 0.1) is 38.3 Å². The highest BCUT2D eigenvalue weighted by Crippen LogP contribution is 2.45. The lowest BCUT2D eigenvalue weighted by atomic mass is 9.70. The van der Waals surface area contributed by atoms with E-state index in [1.54, 1.807) is 12.5 Å². The van der Waals surface area contributed by atoms with E-state index in [0.29, 0.717) is 19.8 Å². The molecule has 0 bridgehead atoms. The first-order valence-corrected chi connectivity index (χ1v) is 8.81. The van der Waals surface area contributed by atoms with E-state index in [0.717, 1.165) is 24.0 Å². The Balaban J connectivity index is 1.64. The summed E-state index contributed by atoms with van der Waals surface area (Å²) < 4.78 is 23.5. The van der Waals surface area contributed by atoms with Crippen LogP contribution in [0.15, 0.2) is 47.3 Å². The number of amides is 1. The molecule has 2 aromatic rings. The number of nitrogens with zero attached hydrogens (tertiary/aromatic N) is 1. The van der Waals surface area contributed by atoms with Gasteiger partial charge < -0.3 is 14.1 Å². The van der Waals surface area contributed by atoms with Gasteiger partial charge in [0.25, 0.3) is 0 Å². The number of alkyl halides is 1. The summed E-state index contributed by atoms with van der Waals surface area (Å²) in [4.78, 5) is 14.1. The molecular weight excluding hydrogens is 321 g/mol. The summed E-state index contributed by atoms with van der Waals surface area (Å²) in [6, 6.07) is 10.5. The number of ether oxygens (including phenoxy) is 1. The van der Waals surface area contributed by atoms with E-state index in [9.17, 15) is 9.18 Å². The molecule has 2 aliphatic heterocycles. The van der Waals surface area contributed by atoms with Crippen molar-refractivity contribution < 1.29 is 18.3 Å². The summed E-state index contributed by atoms with van der Waals surface area (Å²) in [5.74, 6) is -0.102. The quantitative estimate of drug-likeness (QED) is 0.852. The smallest absolute Gasteiger partial charge is 0.225 e. The monoisotopic (exact) mass is 343 g/mol. The standard InChI is InChI=1S/C20H22FNO3/c21-9-5-19(23)22-10-7-20(8-12-25-14-18(20)22)17-3-1-15(2-4-17)16-6-11-24-13-16/h1-4,6,11,13,18H,5,7-10,12,14H2. The minimum absolute atomic E-state index is 0.0000697. The molecule has 5 heteroatoms. The maximum Gasteiger partial charge on any atom is 0.225 e. The molecule has 1 aromatic carbocycles. The van der Waals surface area contributed by atoms with Gasteiger partial charge in [-0.2, -0.15) is 0 Å². The van der Waals surface area contributed by atoms with Crippen molar-refractivity contribution in [3.8, 4) is 11.1 Å². The third-order valence-corrected chi connectivity index (χ3v) is 5.72. The fraction of sp³-hybridized carbons (Fsp3) is 0.450. The van der Waals surface area contributed by atoms with Gasteiger partial charge in [0, 0.05) is 24.1 Å². The number of halogens is 1. The fourth-order valence-electron chi connectivity index (χ4n) is 4.36. The molecule has 2 unspecified atom stereocenters. The molecule has 1 aromatic heterocycles. The number of carbonyl (C=O) groups excluding carboxylic acids is 1. The minimum Gasteiger partial charge on any atom is -0.472 e. The van der Waals surface area contributed by atoms with Crippen molar-refractivity contribution in [3.63, 3.8) is 0 Å². The van der Waals surface area contributed by atoms with E-state index in [-0.39, 0.29) is 23.8 Å². The molecule has 132 valence electrons. The molecule has 2 atom stereocenters. The third kappa shape index (κ3) is 2.76. The SMILES string of the molecule is O=C(CCF)N1CCC2(c3ccc(-c4ccoc4)cc3)CCOCC12. The summed E-state index contributed by atoms with van der Waals surface area (Å²) in [5.41, 5.74) is 3.32. The van der Waals surface area contributed by atoms with Gasteiger partial charge in [-0.3, -0.25) is 9.18 Å². The van der Waals surface area contributed by atoms with Crippen molar-refractivity contribution in [2.75, 3.05) is 26.4 Å². The molecule has 0 radical (unpaired) electrons. The highest BCUT2D eigenvalue weighted by Gasteiger charge is 2.51. The molecule has 0 aliphatic carbocycles. The lowest BCUT2D eigenvalue weighted by Crippen LogP contribution is -2.51. The average molecular weight is 343 g/mol. The summed E-state index contributed by atoms with van der Waals surface area (Å²) >= 11 is 0. The molecule has 3 heterocycles. The van der Waals surface area contributed by atoms with Gasteiger partial charge in [0.15, 0.2) is 0 Å². The van der Waals surface area contributed by atoms with E-state index in [4.69, 9.17) is 9.15 Å².